The highest BCUT2D eigenvalue weighted by molar-refractivity contribution is 5.85. The Bertz CT molecular complexity index is 223. The molecule has 0 aromatic rings. The van der Waals surface area contributed by atoms with E-state index in [-0.39, 0.29) is 12.4 Å². The van der Waals surface area contributed by atoms with Crippen molar-refractivity contribution in [3.8, 4) is 0 Å². The summed E-state index contributed by atoms with van der Waals surface area (Å²) in [6.45, 7) is 1.54. The zero-order valence-corrected chi connectivity index (χ0v) is 10.6. The Hall–Kier alpha value is -0.280. The number of hydrogen-bond acceptors (Lipinski definition) is 2. The molecule has 0 saturated heterocycles. The monoisotopic (exact) mass is 246 g/mol. The van der Waals surface area contributed by atoms with Crippen molar-refractivity contribution >= 4 is 18.3 Å². The number of rotatable bonds is 5. The Balaban J connectivity index is 0.00000128. The molecule has 0 spiro atoms. The predicted octanol–water partition coefficient (Wildman–Crippen LogP) is 1.70. The summed E-state index contributed by atoms with van der Waals surface area (Å²) in [6, 6.07) is 0. The standard InChI is InChI=1S/C12H22N2O.ClH/c13-7-3-4-8-14-12(15)11-9-5-1-2-6-10(9)11;/h9-11H,1-8,13H2,(H,14,15);1H. The predicted molar refractivity (Wildman–Crippen MR) is 67.5 cm³/mol. The minimum atomic E-state index is 0. The molecule has 2 fully saturated rings. The van der Waals surface area contributed by atoms with Gasteiger partial charge >= 0.3 is 0 Å². The van der Waals surface area contributed by atoms with Crippen LogP contribution < -0.4 is 11.1 Å². The van der Waals surface area contributed by atoms with Gasteiger partial charge in [0.15, 0.2) is 0 Å². The summed E-state index contributed by atoms with van der Waals surface area (Å²) < 4.78 is 0. The molecular weight excluding hydrogens is 224 g/mol. The van der Waals surface area contributed by atoms with Gasteiger partial charge in [0.25, 0.3) is 0 Å². The molecule has 0 radical (unpaired) electrons. The van der Waals surface area contributed by atoms with Gasteiger partial charge in [-0.05, 0) is 44.1 Å². The van der Waals surface area contributed by atoms with Gasteiger partial charge < -0.3 is 11.1 Å². The van der Waals surface area contributed by atoms with Crippen LogP contribution in [0, 0.1) is 17.8 Å². The molecule has 3 N–H and O–H groups in total. The fraction of sp³-hybridized carbons (Fsp3) is 0.917. The summed E-state index contributed by atoms with van der Waals surface area (Å²) in [5, 5.41) is 3.04. The number of nitrogens with two attached hydrogens (primary N) is 1. The first-order chi connectivity index (χ1) is 7.34. The fourth-order valence-corrected chi connectivity index (χ4v) is 2.98. The van der Waals surface area contributed by atoms with Gasteiger partial charge in [0.1, 0.15) is 0 Å². The lowest BCUT2D eigenvalue weighted by Gasteiger charge is -2.04. The minimum absolute atomic E-state index is 0. The van der Waals surface area contributed by atoms with E-state index in [2.05, 4.69) is 5.32 Å². The molecular formula is C12H23ClN2O. The van der Waals surface area contributed by atoms with Gasteiger partial charge in [0.05, 0.1) is 0 Å². The zero-order chi connectivity index (χ0) is 10.7. The largest absolute Gasteiger partial charge is 0.356 e. The average Bonchev–Trinajstić information content (AvgIpc) is 2.98. The SMILES string of the molecule is Cl.NCCCCNC(=O)C1C2CCCCC21. The maximum Gasteiger partial charge on any atom is 0.223 e. The molecule has 2 aliphatic rings. The van der Waals surface area contributed by atoms with Crippen molar-refractivity contribution in [2.24, 2.45) is 23.5 Å². The van der Waals surface area contributed by atoms with Crippen molar-refractivity contribution in [2.45, 2.75) is 38.5 Å². The molecule has 2 rings (SSSR count). The van der Waals surface area contributed by atoms with Crippen LogP contribution in [0.4, 0.5) is 0 Å². The molecule has 2 aliphatic carbocycles. The van der Waals surface area contributed by atoms with Crippen LogP contribution in [0.2, 0.25) is 0 Å². The van der Waals surface area contributed by atoms with Crippen molar-refractivity contribution < 1.29 is 4.79 Å². The molecule has 2 saturated carbocycles. The molecule has 0 aromatic carbocycles. The Morgan fingerprint density at radius 1 is 1.19 bits per heavy atom. The summed E-state index contributed by atoms with van der Waals surface area (Å²) >= 11 is 0. The Morgan fingerprint density at radius 2 is 1.81 bits per heavy atom. The van der Waals surface area contributed by atoms with Crippen LogP contribution >= 0.6 is 12.4 Å². The van der Waals surface area contributed by atoms with E-state index in [9.17, 15) is 4.79 Å². The molecule has 0 bridgehead atoms. The fourth-order valence-electron chi connectivity index (χ4n) is 2.98. The van der Waals surface area contributed by atoms with E-state index in [1.165, 1.54) is 25.7 Å². The molecule has 4 heteroatoms. The highest BCUT2D eigenvalue weighted by atomic mass is 35.5. The van der Waals surface area contributed by atoms with Crippen molar-refractivity contribution in [1.82, 2.24) is 5.32 Å². The van der Waals surface area contributed by atoms with Gasteiger partial charge in [-0.15, -0.1) is 12.4 Å². The summed E-state index contributed by atoms with van der Waals surface area (Å²) in [6.07, 6.45) is 7.26. The second-order valence-electron chi connectivity index (χ2n) is 4.92. The van der Waals surface area contributed by atoms with E-state index in [4.69, 9.17) is 5.73 Å². The minimum Gasteiger partial charge on any atom is -0.356 e. The number of halogens is 1. The molecule has 0 heterocycles. The van der Waals surface area contributed by atoms with Crippen LogP contribution in [0.5, 0.6) is 0 Å². The van der Waals surface area contributed by atoms with Gasteiger partial charge in [-0.3, -0.25) is 4.79 Å². The van der Waals surface area contributed by atoms with Crippen molar-refractivity contribution in [3.63, 3.8) is 0 Å². The Kier molecular flexibility index (Phi) is 5.56. The third-order valence-electron chi connectivity index (χ3n) is 3.89. The molecule has 2 atom stereocenters. The number of hydrogen-bond donors (Lipinski definition) is 2. The van der Waals surface area contributed by atoms with Crippen LogP contribution in [-0.2, 0) is 4.79 Å². The van der Waals surface area contributed by atoms with Crippen molar-refractivity contribution in [2.75, 3.05) is 13.1 Å². The second-order valence-corrected chi connectivity index (χ2v) is 4.92. The normalized spacial score (nSPS) is 31.2. The maximum absolute atomic E-state index is 11.8. The van der Waals surface area contributed by atoms with Gasteiger partial charge in [0.2, 0.25) is 5.91 Å². The number of unbranched alkanes of at least 4 members (excludes halogenated alkanes) is 1. The summed E-state index contributed by atoms with van der Waals surface area (Å²) in [5.74, 6) is 2.14. The van der Waals surface area contributed by atoms with E-state index in [0.717, 1.165) is 37.8 Å². The maximum atomic E-state index is 11.8. The van der Waals surface area contributed by atoms with E-state index < -0.39 is 0 Å². The van der Waals surface area contributed by atoms with Crippen LogP contribution in [0.25, 0.3) is 0 Å². The first kappa shape index (κ1) is 13.8. The number of nitrogens with one attached hydrogen (secondary N) is 1. The molecule has 2 unspecified atom stereocenters. The summed E-state index contributed by atoms with van der Waals surface area (Å²) in [7, 11) is 0. The smallest absolute Gasteiger partial charge is 0.223 e. The van der Waals surface area contributed by atoms with Crippen molar-refractivity contribution in [3.05, 3.63) is 0 Å². The summed E-state index contributed by atoms with van der Waals surface area (Å²) in [5.41, 5.74) is 5.40. The van der Waals surface area contributed by atoms with Gasteiger partial charge in [-0.1, -0.05) is 12.8 Å². The number of carbonyl (C=O) groups is 1. The Labute approximate surface area is 104 Å². The van der Waals surface area contributed by atoms with E-state index in [1.54, 1.807) is 0 Å². The molecule has 0 aromatic heterocycles. The third kappa shape index (κ3) is 3.11. The summed E-state index contributed by atoms with van der Waals surface area (Å²) in [4.78, 5) is 11.8. The van der Waals surface area contributed by atoms with E-state index >= 15 is 0 Å². The lowest BCUT2D eigenvalue weighted by atomic mass is 10.0. The van der Waals surface area contributed by atoms with Crippen molar-refractivity contribution in [1.29, 1.82) is 0 Å². The topological polar surface area (TPSA) is 55.1 Å². The van der Waals surface area contributed by atoms with Crippen LogP contribution in [0.3, 0.4) is 0 Å². The van der Waals surface area contributed by atoms with Gasteiger partial charge in [0, 0.05) is 12.5 Å². The molecule has 3 nitrogen and oxygen atoms in total. The second kappa shape index (κ2) is 6.45. The number of amides is 1. The molecule has 1 amide bonds. The highest BCUT2D eigenvalue weighted by Crippen LogP contribution is 2.55. The zero-order valence-electron chi connectivity index (χ0n) is 9.78. The first-order valence-electron chi connectivity index (χ1n) is 6.32. The quantitative estimate of drug-likeness (QED) is 0.726. The van der Waals surface area contributed by atoms with Crippen LogP contribution in [0.15, 0.2) is 0 Å². The third-order valence-corrected chi connectivity index (χ3v) is 3.89. The van der Waals surface area contributed by atoms with E-state index in [0.29, 0.717) is 11.8 Å². The molecule has 94 valence electrons. The van der Waals surface area contributed by atoms with Gasteiger partial charge in [-0.2, -0.15) is 0 Å². The molecule has 0 aliphatic heterocycles. The lowest BCUT2D eigenvalue weighted by Crippen LogP contribution is -2.27. The van der Waals surface area contributed by atoms with Gasteiger partial charge in [-0.25, -0.2) is 0 Å². The number of fused-ring (bicyclic) bond motifs is 1. The lowest BCUT2D eigenvalue weighted by molar-refractivity contribution is -0.122. The Morgan fingerprint density at radius 3 is 2.38 bits per heavy atom. The van der Waals surface area contributed by atoms with Crippen LogP contribution in [0.1, 0.15) is 38.5 Å². The number of carbonyl (C=O) groups excluding carboxylic acids is 1. The van der Waals surface area contributed by atoms with Crippen LogP contribution in [-0.4, -0.2) is 19.0 Å². The highest BCUT2D eigenvalue weighted by Gasteiger charge is 2.54. The molecule has 16 heavy (non-hydrogen) atoms. The first-order valence-corrected chi connectivity index (χ1v) is 6.32. The average molecular weight is 247 g/mol. The van der Waals surface area contributed by atoms with E-state index in [1.807, 2.05) is 0 Å².